The lowest BCUT2D eigenvalue weighted by Gasteiger charge is -2.07. The molecule has 0 spiro atoms. The fourth-order valence-electron chi connectivity index (χ4n) is 1.55. The number of carboxylic acid groups (broad SMARTS) is 1. The molecule has 0 amide bonds. The molecule has 18 heavy (non-hydrogen) atoms. The van der Waals surface area contributed by atoms with E-state index in [1.807, 2.05) is 17.8 Å². The Kier molecular flexibility index (Phi) is 3.52. The van der Waals surface area contributed by atoms with E-state index < -0.39 is 5.97 Å². The van der Waals surface area contributed by atoms with Crippen molar-refractivity contribution in [1.29, 1.82) is 0 Å². The fraction of sp³-hybridized carbons (Fsp3) is 0.273. The van der Waals surface area contributed by atoms with Gasteiger partial charge in [0, 0.05) is 44.8 Å². The van der Waals surface area contributed by atoms with Crippen LogP contribution in [0.25, 0.3) is 0 Å². The van der Waals surface area contributed by atoms with Crippen LogP contribution in [0.3, 0.4) is 0 Å². The highest BCUT2D eigenvalue weighted by Gasteiger charge is 2.11. The second-order valence-electron chi connectivity index (χ2n) is 3.69. The van der Waals surface area contributed by atoms with Crippen molar-refractivity contribution in [3.63, 3.8) is 0 Å². The number of aromatic nitrogens is 4. The van der Waals surface area contributed by atoms with Gasteiger partial charge in [0.05, 0.1) is 0 Å². The van der Waals surface area contributed by atoms with Gasteiger partial charge in [-0.1, -0.05) is 0 Å². The summed E-state index contributed by atoms with van der Waals surface area (Å²) in [6.07, 6.45) is 7.07. The molecule has 2 rings (SSSR count). The van der Waals surface area contributed by atoms with Crippen molar-refractivity contribution < 1.29 is 9.90 Å². The molecule has 2 N–H and O–H groups in total. The van der Waals surface area contributed by atoms with Crippen LogP contribution in [0, 0.1) is 0 Å². The summed E-state index contributed by atoms with van der Waals surface area (Å²) < 4.78 is 1.91. The molecule has 0 aliphatic carbocycles. The second kappa shape index (κ2) is 5.26. The van der Waals surface area contributed by atoms with Crippen LogP contribution in [0.5, 0.6) is 0 Å². The molecule has 2 aromatic rings. The van der Waals surface area contributed by atoms with Crippen LogP contribution in [0.2, 0.25) is 0 Å². The van der Waals surface area contributed by atoms with Gasteiger partial charge in [-0.05, 0) is 0 Å². The summed E-state index contributed by atoms with van der Waals surface area (Å²) in [7, 11) is 1.91. The maximum absolute atomic E-state index is 10.9. The molecule has 0 saturated heterocycles. The largest absolute Gasteiger partial charge is 0.476 e. The van der Waals surface area contributed by atoms with Crippen LogP contribution in [-0.2, 0) is 13.5 Å². The van der Waals surface area contributed by atoms with E-state index in [2.05, 4.69) is 20.3 Å². The monoisotopic (exact) mass is 247 g/mol. The zero-order chi connectivity index (χ0) is 13.0. The van der Waals surface area contributed by atoms with Crippen LogP contribution in [-0.4, -0.2) is 37.1 Å². The van der Waals surface area contributed by atoms with E-state index in [4.69, 9.17) is 5.11 Å². The minimum Gasteiger partial charge on any atom is -0.476 e. The second-order valence-corrected chi connectivity index (χ2v) is 3.69. The Morgan fingerprint density at radius 3 is 2.78 bits per heavy atom. The first-order valence-corrected chi connectivity index (χ1v) is 5.43. The summed E-state index contributed by atoms with van der Waals surface area (Å²) in [5, 5.41) is 11.9. The standard InChI is InChI=1S/C11H13N5O2/c1-16-7-6-12-8(16)2-3-14-10-9(11(17)18)13-4-5-15-10/h4-7H,2-3H2,1H3,(H,14,15)(H,17,18). The number of nitrogens with zero attached hydrogens (tertiary/aromatic N) is 4. The van der Waals surface area contributed by atoms with Gasteiger partial charge in [0.2, 0.25) is 0 Å². The van der Waals surface area contributed by atoms with E-state index >= 15 is 0 Å². The Bertz CT molecular complexity index is 552. The number of rotatable bonds is 5. The Morgan fingerprint density at radius 1 is 1.33 bits per heavy atom. The molecule has 0 bridgehead atoms. The number of imidazole rings is 1. The summed E-state index contributed by atoms with van der Waals surface area (Å²) in [6.45, 7) is 0.545. The van der Waals surface area contributed by atoms with Gasteiger partial charge in [0.25, 0.3) is 0 Å². The van der Waals surface area contributed by atoms with Crippen molar-refractivity contribution in [1.82, 2.24) is 19.5 Å². The molecule has 7 heteroatoms. The number of anilines is 1. The maximum Gasteiger partial charge on any atom is 0.358 e. The molecule has 0 aliphatic rings. The molecule has 0 atom stereocenters. The number of nitrogens with one attached hydrogen (secondary N) is 1. The Labute approximate surface area is 104 Å². The van der Waals surface area contributed by atoms with Gasteiger partial charge in [-0.15, -0.1) is 0 Å². The average Bonchev–Trinajstić information content (AvgIpc) is 2.76. The molecule has 2 aromatic heterocycles. The Morgan fingerprint density at radius 2 is 2.11 bits per heavy atom. The lowest BCUT2D eigenvalue weighted by molar-refractivity contribution is 0.0691. The van der Waals surface area contributed by atoms with Gasteiger partial charge in [-0.3, -0.25) is 0 Å². The highest BCUT2D eigenvalue weighted by molar-refractivity contribution is 5.90. The average molecular weight is 247 g/mol. The Balaban J connectivity index is 1.99. The van der Waals surface area contributed by atoms with Crippen LogP contribution in [0.15, 0.2) is 24.8 Å². The van der Waals surface area contributed by atoms with E-state index in [0.717, 1.165) is 5.82 Å². The van der Waals surface area contributed by atoms with Gasteiger partial charge in [-0.25, -0.2) is 19.7 Å². The summed E-state index contributed by atoms with van der Waals surface area (Å²) in [5.41, 5.74) is -0.0719. The zero-order valence-electron chi connectivity index (χ0n) is 9.87. The molecule has 0 unspecified atom stereocenters. The van der Waals surface area contributed by atoms with E-state index in [9.17, 15) is 4.79 Å². The van der Waals surface area contributed by atoms with Gasteiger partial charge in [-0.2, -0.15) is 0 Å². The molecule has 94 valence electrons. The maximum atomic E-state index is 10.9. The van der Waals surface area contributed by atoms with Gasteiger partial charge >= 0.3 is 5.97 Å². The molecule has 0 aromatic carbocycles. The molecule has 0 saturated carbocycles. The summed E-state index contributed by atoms with van der Waals surface area (Å²) >= 11 is 0. The predicted octanol–water partition coefficient (Wildman–Crippen LogP) is 0.563. The Hall–Kier alpha value is -2.44. The third-order valence-electron chi connectivity index (χ3n) is 2.46. The third kappa shape index (κ3) is 2.62. The molecular weight excluding hydrogens is 234 g/mol. The number of carboxylic acids is 1. The molecule has 7 nitrogen and oxygen atoms in total. The zero-order valence-corrected chi connectivity index (χ0v) is 9.87. The van der Waals surface area contributed by atoms with Crippen molar-refractivity contribution in [2.24, 2.45) is 7.05 Å². The van der Waals surface area contributed by atoms with Crippen molar-refractivity contribution in [3.8, 4) is 0 Å². The summed E-state index contributed by atoms with van der Waals surface area (Å²) in [4.78, 5) is 22.8. The molecule has 0 aliphatic heterocycles. The fourth-order valence-corrected chi connectivity index (χ4v) is 1.55. The van der Waals surface area contributed by atoms with Crippen molar-refractivity contribution in [3.05, 3.63) is 36.3 Å². The van der Waals surface area contributed by atoms with Crippen LogP contribution in [0.1, 0.15) is 16.3 Å². The molecule has 0 fully saturated rings. The van der Waals surface area contributed by atoms with Gasteiger partial charge in [0.15, 0.2) is 11.5 Å². The van der Waals surface area contributed by atoms with E-state index in [-0.39, 0.29) is 11.5 Å². The molecule has 0 radical (unpaired) electrons. The summed E-state index contributed by atoms with van der Waals surface area (Å²) in [5.74, 6) is 0.102. The SMILES string of the molecule is Cn1ccnc1CCNc1nccnc1C(=O)O. The van der Waals surface area contributed by atoms with E-state index in [1.54, 1.807) is 6.20 Å². The van der Waals surface area contributed by atoms with Crippen molar-refractivity contribution in [2.75, 3.05) is 11.9 Å². The number of hydrogen-bond acceptors (Lipinski definition) is 5. The lowest BCUT2D eigenvalue weighted by atomic mass is 10.3. The normalized spacial score (nSPS) is 10.3. The number of aromatic carboxylic acids is 1. The summed E-state index contributed by atoms with van der Waals surface area (Å²) in [6, 6.07) is 0. The number of hydrogen-bond donors (Lipinski definition) is 2. The van der Waals surface area contributed by atoms with E-state index in [1.165, 1.54) is 12.4 Å². The topological polar surface area (TPSA) is 92.9 Å². The first kappa shape index (κ1) is 12.0. The molecule has 2 heterocycles. The first-order valence-electron chi connectivity index (χ1n) is 5.43. The van der Waals surface area contributed by atoms with Gasteiger partial charge < -0.3 is 15.0 Å². The van der Waals surface area contributed by atoms with Crippen LogP contribution >= 0.6 is 0 Å². The molecular formula is C11H13N5O2. The third-order valence-corrected chi connectivity index (χ3v) is 2.46. The lowest BCUT2D eigenvalue weighted by Crippen LogP contribution is -2.13. The van der Waals surface area contributed by atoms with Crippen molar-refractivity contribution in [2.45, 2.75) is 6.42 Å². The van der Waals surface area contributed by atoms with Crippen LogP contribution < -0.4 is 5.32 Å². The predicted molar refractivity (Wildman–Crippen MR) is 64.4 cm³/mol. The smallest absolute Gasteiger partial charge is 0.358 e. The number of carbonyl (C=O) groups is 1. The minimum absolute atomic E-state index is 0.0719. The highest BCUT2D eigenvalue weighted by atomic mass is 16.4. The highest BCUT2D eigenvalue weighted by Crippen LogP contribution is 2.08. The van der Waals surface area contributed by atoms with Gasteiger partial charge in [0.1, 0.15) is 5.82 Å². The number of aryl methyl sites for hydroxylation is 1. The van der Waals surface area contributed by atoms with E-state index in [0.29, 0.717) is 13.0 Å². The van der Waals surface area contributed by atoms with Crippen molar-refractivity contribution >= 4 is 11.8 Å². The van der Waals surface area contributed by atoms with Crippen LogP contribution in [0.4, 0.5) is 5.82 Å². The minimum atomic E-state index is -1.09. The quantitative estimate of drug-likeness (QED) is 0.802. The first-order chi connectivity index (χ1) is 8.68.